The molecule has 0 aromatic heterocycles. The summed E-state index contributed by atoms with van der Waals surface area (Å²) in [5.41, 5.74) is 4.37. The third-order valence-corrected chi connectivity index (χ3v) is 4.60. The molecule has 0 aliphatic heterocycles. The molecule has 0 spiro atoms. The molecule has 116 valence electrons. The molecule has 1 aliphatic rings. The van der Waals surface area contributed by atoms with Crippen LogP contribution in [-0.4, -0.2) is 19.7 Å². The Bertz CT molecular complexity index is 608. The summed E-state index contributed by atoms with van der Waals surface area (Å²) in [5.74, 6) is 1.01. The Morgan fingerprint density at radius 3 is 2.68 bits per heavy atom. The standard InChI is InChI=1S/C20H25NO/c1-22-20-11-5-4-8-17(20)10-6-14-21-19-13-12-16-7-2-3-9-18(16)15-19/h2-5,7-9,11,19,21H,6,10,12-15H2,1H3. The van der Waals surface area contributed by atoms with Crippen LogP contribution in [0, 0.1) is 0 Å². The van der Waals surface area contributed by atoms with Crippen molar-refractivity contribution in [2.24, 2.45) is 0 Å². The van der Waals surface area contributed by atoms with Crippen LogP contribution in [0.4, 0.5) is 0 Å². The summed E-state index contributed by atoms with van der Waals surface area (Å²) in [6.45, 7) is 1.07. The van der Waals surface area contributed by atoms with Crippen LogP contribution >= 0.6 is 0 Å². The molecule has 0 amide bonds. The van der Waals surface area contributed by atoms with Crippen molar-refractivity contribution < 1.29 is 4.74 Å². The highest BCUT2D eigenvalue weighted by atomic mass is 16.5. The quantitative estimate of drug-likeness (QED) is 0.819. The van der Waals surface area contributed by atoms with Gasteiger partial charge in [-0.1, -0.05) is 42.5 Å². The molecule has 1 unspecified atom stereocenters. The Morgan fingerprint density at radius 1 is 1.05 bits per heavy atom. The summed E-state index contributed by atoms with van der Waals surface area (Å²) in [5, 5.41) is 3.73. The smallest absolute Gasteiger partial charge is 0.122 e. The lowest BCUT2D eigenvalue weighted by atomic mass is 9.88. The van der Waals surface area contributed by atoms with E-state index in [0.717, 1.165) is 25.1 Å². The third kappa shape index (κ3) is 3.69. The number of fused-ring (bicyclic) bond motifs is 1. The van der Waals surface area contributed by atoms with E-state index in [1.807, 2.05) is 12.1 Å². The number of rotatable bonds is 6. The van der Waals surface area contributed by atoms with Gasteiger partial charge in [-0.15, -0.1) is 0 Å². The Balaban J connectivity index is 1.44. The van der Waals surface area contributed by atoms with E-state index in [4.69, 9.17) is 4.74 Å². The lowest BCUT2D eigenvalue weighted by molar-refractivity contribution is 0.407. The van der Waals surface area contributed by atoms with Crippen molar-refractivity contribution in [1.82, 2.24) is 5.32 Å². The van der Waals surface area contributed by atoms with Crippen LogP contribution in [-0.2, 0) is 19.3 Å². The highest BCUT2D eigenvalue weighted by Gasteiger charge is 2.17. The van der Waals surface area contributed by atoms with Crippen LogP contribution in [0.25, 0.3) is 0 Å². The highest BCUT2D eigenvalue weighted by molar-refractivity contribution is 5.33. The van der Waals surface area contributed by atoms with Crippen LogP contribution in [0.2, 0.25) is 0 Å². The SMILES string of the molecule is COc1ccccc1CCCNC1CCc2ccccc2C1. The van der Waals surface area contributed by atoms with E-state index in [2.05, 4.69) is 41.7 Å². The molecule has 0 fully saturated rings. The van der Waals surface area contributed by atoms with E-state index in [1.54, 1.807) is 7.11 Å². The fourth-order valence-corrected chi connectivity index (χ4v) is 3.37. The lowest BCUT2D eigenvalue weighted by Gasteiger charge is -2.25. The van der Waals surface area contributed by atoms with Crippen LogP contribution in [0.1, 0.15) is 29.5 Å². The number of ether oxygens (including phenoxy) is 1. The molecular formula is C20H25NO. The second kappa shape index (κ2) is 7.46. The Morgan fingerprint density at radius 2 is 1.82 bits per heavy atom. The molecule has 3 rings (SSSR count). The van der Waals surface area contributed by atoms with Gasteiger partial charge in [0.05, 0.1) is 7.11 Å². The van der Waals surface area contributed by atoms with E-state index in [1.165, 1.54) is 36.0 Å². The van der Waals surface area contributed by atoms with Crippen LogP contribution in [0.15, 0.2) is 48.5 Å². The predicted molar refractivity (Wildman–Crippen MR) is 91.6 cm³/mol. The molecule has 22 heavy (non-hydrogen) atoms. The van der Waals surface area contributed by atoms with Crippen molar-refractivity contribution in [1.29, 1.82) is 0 Å². The normalized spacial score (nSPS) is 17.0. The van der Waals surface area contributed by atoms with Gasteiger partial charge in [-0.05, 0) is 61.4 Å². The maximum absolute atomic E-state index is 5.41. The number of para-hydroxylation sites is 1. The predicted octanol–water partition coefficient (Wildman–Crippen LogP) is 3.77. The summed E-state index contributed by atoms with van der Waals surface area (Å²) in [6.07, 6.45) is 5.86. The highest BCUT2D eigenvalue weighted by Crippen LogP contribution is 2.21. The van der Waals surface area contributed by atoms with Gasteiger partial charge < -0.3 is 10.1 Å². The van der Waals surface area contributed by atoms with Gasteiger partial charge in [-0.2, -0.15) is 0 Å². The molecule has 0 heterocycles. The zero-order chi connectivity index (χ0) is 15.2. The van der Waals surface area contributed by atoms with Crippen molar-refractivity contribution in [2.45, 2.75) is 38.1 Å². The molecular weight excluding hydrogens is 270 g/mol. The van der Waals surface area contributed by atoms with Gasteiger partial charge in [0, 0.05) is 6.04 Å². The van der Waals surface area contributed by atoms with Crippen LogP contribution < -0.4 is 10.1 Å². The first-order valence-corrected chi connectivity index (χ1v) is 8.29. The van der Waals surface area contributed by atoms with E-state index >= 15 is 0 Å². The molecule has 0 radical (unpaired) electrons. The van der Waals surface area contributed by atoms with E-state index in [0.29, 0.717) is 6.04 Å². The minimum Gasteiger partial charge on any atom is -0.496 e. The number of methoxy groups -OCH3 is 1. The van der Waals surface area contributed by atoms with Gasteiger partial charge in [0.25, 0.3) is 0 Å². The average Bonchev–Trinajstić information content (AvgIpc) is 2.59. The van der Waals surface area contributed by atoms with Gasteiger partial charge in [0.1, 0.15) is 5.75 Å². The summed E-state index contributed by atoms with van der Waals surface area (Å²) in [6, 6.07) is 17.8. The molecule has 2 nitrogen and oxygen atoms in total. The first-order chi connectivity index (χ1) is 10.9. The Hall–Kier alpha value is -1.80. The van der Waals surface area contributed by atoms with Gasteiger partial charge in [0.15, 0.2) is 0 Å². The van der Waals surface area contributed by atoms with E-state index in [-0.39, 0.29) is 0 Å². The fourth-order valence-electron chi connectivity index (χ4n) is 3.37. The van der Waals surface area contributed by atoms with Crippen molar-refractivity contribution in [3.05, 3.63) is 65.2 Å². The monoisotopic (exact) mass is 295 g/mol. The maximum atomic E-state index is 5.41. The summed E-state index contributed by atoms with van der Waals surface area (Å²) in [4.78, 5) is 0. The molecule has 1 atom stereocenters. The molecule has 1 N–H and O–H groups in total. The molecule has 2 aromatic carbocycles. The average molecular weight is 295 g/mol. The van der Waals surface area contributed by atoms with Crippen molar-refractivity contribution in [3.63, 3.8) is 0 Å². The first-order valence-electron chi connectivity index (χ1n) is 8.29. The zero-order valence-corrected chi connectivity index (χ0v) is 13.3. The summed E-state index contributed by atoms with van der Waals surface area (Å²) < 4.78 is 5.41. The van der Waals surface area contributed by atoms with E-state index < -0.39 is 0 Å². The van der Waals surface area contributed by atoms with E-state index in [9.17, 15) is 0 Å². The number of nitrogens with one attached hydrogen (secondary N) is 1. The Kier molecular flexibility index (Phi) is 5.12. The summed E-state index contributed by atoms with van der Waals surface area (Å²) >= 11 is 0. The minimum absolute atomic E-state index is 0.632. The molecule has 0 saturated heterocycles. The molecule has 2 heteroatoms. The molecule has 0 bridgehead atoms. The number of aryl methyl sites for hydroxylation is 2. The fraction of sp³-hybridized carbons (Fsp3) is 0.400. The topological polar surface area (TPSA) is 21.3 Å². The van der Waals surface area contributed by atoms with Crippen molar-refractivity contribution in [2.75, 3.05) is 13.7 Å². The van der Waals surface area contributed by atoms with Gasteiger partial charge in [-0.3, -0.25) is 0 Å². The lowest BCUT2D eigenvalue weighted by Crippen LogP contribution is -2.35. The summed E-state index contributed by atoms with van der Waals surface area (Å²) in [7, 11) is 1.75. The van der Waals surface area contributed by atoms with Gasteiger partial charge in [0.2, 0.25) is 0 Å². The number of benzene rings is 2. The Labute approximate surface area is 133 Å². The van der Waals surface area contributed by atoms with Gasteiger partial charge in [-0.25, -0.2) is 0 Å². The van der Waals surface area contributed by atoms with Crippen LogP contribution in [0.5, 0.6) is 5.75 Å². The zero-order valence-electron chi connectivity index (χ0n) is 13.3. The first kappa shape index (κ1) is 15.1. The molecule has 1 aliphatic carbocycles. The molecule has 2 aromatic rings. The maximum Gasteiger partial charge on any atom is 0.122 e. The largest absolute Gasteiger partial charge is 0.496 e. The van der Waals surface area contributed by atoms with Gasteiger partial charge >= 0.3 is 0 Å². The third-order valence-electron chi connectivity index (χ3n) is 4.60. The van der Waals surface area contributed by atoms with Crippen molar-refractivity contribution >= 4 is 0 Å². The second-order valence-electron chi connectivity index (χ2n) is 6.08. The number of hydrogen-bond donors (Lipinski definition) is 1. The minimum atomic E-state index is 0.632. The second-order valence-corrected chi connectivity index (χ2v) is 6.08. The van der Waals surface area contributed by atoms with Crippen molar-refractivity contribution in [3.8, 4) is 5.75 Å². The molecule has 0 saturated carbocycles. The number of hydrogen-bond acceptors (Lipinski definition) is 2. The van der Waals surface area contributed by atoms with Crippen LogP contribution in [0.3, 0.4) is 0 Å².